The molecule has 0 aliphatic carbocycles. The molecule has 0 unspecified atom stereocenters. The van der Waals surface area contributed by atoms with Gasteiger partial charge in [0.15, 0.2) is 12.6 Å². The normalized spacial score (nSPS) is 8.86. The number of aldehydes is 2. The van der Waals surface area contributed by atoms with E-state index in [4.69, 9.17) is 33.4 Å². The van der Waals surface area contributed by atoms with E-state index in [1.54, 1.807) is 12.1 Å². The van der Waals surface area contributed by atoms with Gasteiger partial charge in [0.1, 0.15) is 11.5 Å². The molecule has 4 nitrogen and oxygen atoms in total. The van der Waals surface area contributed by atoms with E-state index in [1.807, 2.05) is 0 Å². The van der Waals surface area contributed by atoms with Crippen LogP contribution in [0.5, 0.6) is 11.5 Å². The zero-order chi connectivity index (χ0) is 15.1. The van der Waals surface area contributed by atoms with Crippen LogP contribution in [0.4, 0.5) is 0 Å². The van der Waals surface area contributed by atoms with Crippen molar-refractivity contribution >= 4 is 59.7 Å². The first-order valence-corrected chi connectivity index (χ1v) is 6.12. The number of rotatable bonds is 2. The van der Waals surface area contributed by atoms with E-state index in [9.17, 15) is 9.59 Å². The summed E-state index contributed by atoms with van der Waals surface area (Å²) in [6.07, 6.45) is 1.11. The van der Waals surface area contributed by atoms with Crippen molar-refractivity contribution < 1.29 is 19.8 Å². The van der Waals surface area contributed by atoms with E-state index in [1.165, 1.54) is 24.3 Å². The number of hydrogen-bond acceptors (Lipinski definition) is 4. The monoisotopic (exact) mass is 432 g/mol. The van der Waals surface area contributed by atoms with Crippen LogP contribution in [0.25, 0.3) is 0 Å². The zero-order valence-corrected chi connectivity index (χ0v) is 15.0. The third-order valence-corrected chi connectivity index (χ3v) is 2.90. The number of aromatic hydroxyl groups is 2. The molecule has 0 heterocycles. The Kier molecular flexibility index (Phi) is 9.08. The average molecular weight is 432 g/mol. The van der Waals surface area contributed by atoms with Crippen LogP contribution in [-0.4, -0.2) is 46.7 Å². The van der Waals surface area contributed by atoms with E-state index >= 15 is 0 Å². The summed E-state index contributed by atoms with van der Waals surface area (Å²) in [6.45, 7) is 0. The van der Waals surface area contributed by atoms with Crippen molar-refractivity contribution in [3.05, 3.63) is 57.6 Å². The quantitative estimate of drug-likeness (QED) is 0.565. The number of halogens is 2. The second kappa shape index (κ2) is 9.65. The molecule has 0 bridgehead atoms. The average Bonchev–Trinajstić information content (AvgIpc) is 2.45. The van der Waals surface area contributed by atoms with Gasteiger partial charge in [-0.15, -0.1) is 0 Å². The van der Waals surface area contributed by atoms with Crippen molar-refractivity contribution in [3.8, 4) is 11.5 Å². The Morgan fingerprint density at radius 3 is 1.33 bits per heavy atom. The molecule has 0 atom stereocenters. The molecule has 2 N–H and O–H groups in total. The Labute approximate surface area is 148 Å². The SMILES string of the molecule is O=Cc1cccc(Cl)c1O.O=Cc1cccc(Cl)c1O.[Sn]. The molecule has 0 fully saturated rings. The summed E-state index contributed by atoms with van der Waals surface area (Å²) >= 11 is 11.0. The molecule has 0 saturated carbocycles. The number of para-hydroxylation sites is 2. The van der Waals surface area contributed by atoms with E-state index in [0.29, 0.717) is 12.6 Å². The minimum Gasteiger partial charge on any atom is -0.506 e. The van der Waals surface area contributed by atoms with Crippen LogP contribution in [0.3, 0.4) is 0 Å². The number of benzene rings is 2. The molecule has 108 valence electrons. The molecule has 4 radical (unpaired) electrons. The number of carbonyl (C=O) groups is 2. The van der Waals surface area contributed by atoms with Crippen molar-refractivity contribution in [3.63, 3.8) is 0 Å². The van der Waals surface area contributed by atoms with Gasteiger partial charge in [-0.05, 0) is 24.3 Å². The molecule has 2 rings (SSSR count). The Hall–Kier alpha value is -1.24. The standard InChI is InChI=1S/2C7H5ClO2.Sn/c2*8-6-3-1-2-5(4-9)7(6)10;/h2*1-4,10H;. The Morgan fingerprint density at radius 1 is 0.762 bits per heavy atom. The van der Waals surface area contributed by atoms with Crippen LogP contribution in [-0.2, 0) is 0 Å². The number of hydrogen-bond donors (Lipinski definition) is 2. The minimum atomic E-state index is -0.154. The molecule has 0 spiro atoms. The molecule has 21 heavy (non-hydrogen) atoms. The fourth-order valence-corrected chi connectivity index (χ4v) is 1.62. The van der Waals surface area contributed by atoms with Crippen LogP contribution < -0.4 is 0 Å². The number of carbonyl (C=O) groups excluding carboxylic acids is 2. The van der Waals surface area contributed by atoms with Gasteiger partial charge < -0.3 is 10.2 Å². The second-order valence-corrected chi connectivity index (χ2v) is 4.41. The van der Waals surface area contributed by atoms with E-state index in [-0.39, 0.29) is 56.6 Å². The van der Waals surface area contributed by atoms with Crippen LogP contribution in [0.1, 0.15) is 20.7 Å². The second-order valence-electron chi connectivity index (χ2n) is 3.59. The number of phenols is 2. The van der Waals surface area contributed by atoms with Gasteiger partial charge in [0.05, 0.1) is 21.2 Å². The molecule has 0 aromatic heterocycles. The predicted octanol–water partition coefficient (Wildman–Crippen LogP) is 3.34. The van der Waals surface area contributed by atoms with Crippen LogP contribution >= 0.6 is 23.2 Å². The van der Waals surface area contributed by atoms with Crippen LogP contribution in [0.15, 0.2) is 36.4 Å². The summed E-state index contributed by atoms with van der Waals surface area (Å²) in [5.74, 6) is -0.307. The van der Waals surface area contributed by atoms with E-state index in [0.717, 1.165) is 0 Å². The van der Waals surface area contributed by atoms with Crippen LogP contribution in [0.2, 0.25) is 10.0 Å². The molecular formula is C14H10Cl2O4Sn. The van der Waals surface area contributed by atoms with Crippen LogP contribution in [0, 0.1) is 0 Å². The molecule has 0 aliphatic heterocycles. The maximum atomic E-state index is 10.2. The van der Waals surface area contributed by atoms with Crippen molar-refractivity contribution in [1.82, 2.24) is 0 Å². The van der Waals surface area contributed by atoms with Gasteiger partial charge in [-0.1, -0.05) is 35.3 Å². The summed E-state index contributed by atoms with van der Waals surface area (Å²) in [5.41, 5.74) is 0.431. The molecular weight excluding hydrogens is 422 g/mol. The zero-order valence-electron chi connectivity index (χ0n) is 10.6. The van der Waals surface area contributed by atoms with Gasteiger partial charge in [0, 0.05) is 23.9 Å². The molecule has 2 aromatic rings. The Morgan fingerprint density at radius 2 is 1.10 bits per heavy atom. The topological polar surface area (TPSA) is 74.6 Å². The van der Waals surface area contributed by atoms with E-state index in [2.05, 4.69) is 0 Å². The summed E-state index contributed by atoms with van der Waals surface area (Å²) in [4.78, 5) is 20.3. The minimum absolute atomic E-state index is 0. The van der Waals surface area contributed by atoms with Gasteiger partial charge in [0.2, 0.25) is 0 Å². The molecule has 7 heteroatoms. The first-order chi connectivity index (χ1) is 9.51. The van der Waals surface area contributed by atoms with Gasteiger partial charge in [0.25, 0.3) is 0 Å². The Bertz CT molecular complexity index is 577. The predicted molar refractivity (Wildman–Crippen MR) is 82.8 cm³/mol. The summed E-state index contributed by atoms with van der Waals surface area (Å²) in [5, 5.41) is 18.5. The fraction of sp³-hybridized carbons (Fsp3) is 0. The van der Waals surface area contributed by atoms with Gasteiger partial charge in [-0.25, -0.2) is 0 Å². The fourth-order valence-electron chi connectivity index (χ4n) is 1.25. The summed E-state index contributed by atoms with van der Waals surface area (Å²) in [7, 11) is 0. The molecule has 2 aromatic carbocycles. The van der Waals surface area contributed by atoms with Crippen molar-refractivity contribution in [2.45, 2.75) is 0 Å². The van der Waals surface area contributed by atoms with Crippen molar-refractivity contribution in [2.24, 2.45) is 0 Å². The Balaban J connectivity index is 0.000000364. The number of phenolic OH excluding ortho intramolecular Hbond substituents is 2. The molecule has 0 amide bonds. The first kappa shape index (κ1) is 19.8. The largest absolute Gasteiger partial charge is 0.506 e. The maximum absolute atomic E-state index is 10.2. The van der Waals surface area contributed by atoms with Gasteiger partial charge in [-0.3, -0.25) is 9.59 Å². The van der Waals surface area contributed by atoms with Crippen molar-refractivity contribution in [2.75, 3.05) is 0 Å². The van der Waals surface area contributed by atoms with Gasteiger partial charge in [-0.2, -0.15) is 0 Å². The van der Waals surface area contributed by atoms with Gasteiger partial charge >= 0.3 is 0 Å². The molecule has 0 saturated heterocycles. The molecule has 0 aliphatic rings. The third-order valence-electron chi connectivity index (χ3n) is 2.29. The first-order valence-electron chi connectivity index (χ1n) is 5.36. The third kappa shape index (κ3) is 5.57. The summed E-state index contributed by atoms with van der Waals surface area (Å²) < 4.78 is 0. The maximum Gasteiger partial charge on any atom is 0.153 e. The smallest absolute Gasteiger partial charge is 0.153 e. The van der Waals surface area contributed by atoms with E-state index < -0.39 is 0 Å². The summed E-state index contributed by atoms with van der Waals surface area (Å²) in [6, 6.07) is 9.23. The van der Waals surface area contributed by atoms with Crippen molar-refractivity contribution in [1.29, 1.82) is 0 Å².